The van der Waals surface area contributed by atoms with Crippen LogP contribution in [0.4, 0.5) is 0 Å². The number of nitrogens with zero attached hydrogens (tertiary/aromatic N) is 1. The van der Waals surface area contributed by atoms with E-state index in [0.717, 1.165) is 51.4 Å². The third-order valence-electron chi connectivity index (χ3n) is 7.44. The van der Waals surface area contributed by atoms with Gasteiger partial charge in [-0.05, 0) is 38.5 Å². The van der Waals surface area contributed by atoms with E-state index in [9.17, 15) is 14.4 Å². The van der Waals surface area contributed by atoms with E-state index in [2.05, 4.69) is 19.2 Å². The number of nitrogens with one attached hydrogen (secondary N) is 1. The number of fused-ring (bicyclic) bond motifs is 1. The lowest BCUT2D eigenvalue weighted by Gasteiger charge is -2.38. The SMILES string of the molecule is CCCCCNC(=O)C1N(CCCCCCO)C(=O)[C@@H]2[C@H](C(=O)OCC)[C@@H]3CC(C)C12S3. The summed E-state index contributed by atoms with van der Waals surface area (Å²) >= 11 is 1.70. The summed E-state index contributed by atoms with van der Waals surface area (Å²) in [6, 6.07) is -0.538. The van der Waals surface area contributed by atoms with Crippen molar-refractivity contribution in [2.24, 2.45) is 17.8 Å². The van der Waals surface area contributed by atoms with Gasteiger partial charge in [0.1, 0.15) is 6.04 Å². The van der Waals surface area contributed by atoms with Crippen LogP contribution in [0, 0.1) is 17.8 Å². The number of thioether (sulfide) groups is 1. The molecule has 6 atom stereocenters. The number of likely N-dealkylation sites (tertiary alicyclic amines) is 1. The predicted molar refractivity (Wildman–Crippen MR) is 125 cm³/mol. The number of hydrogen-bond acceptors (Lipinski definition) is 6. The van der Waals surface area contributed by atoms with Crippen molar-refractivity contribution >= 4 is 29.5 Å². The smallest absolute Gasteiger partial charge is 0.310 e. The number of carbonyl (C=O) groups excluding carboxylic acids is 3. The van der Waals surface area contributed by atoms with Crippen molar-refractivity contribution in [3.8, 4) is 0 Å². The molecule has 0 aromatic rings. The third-order valence-corrected chi connectivity index (χ3v) is 9.52. The van der Waals surface area contributed by atoms with Crippen LogP contribution in [0.5, 0.6) is 0 Å². The Morgan fingerprint density at radius 2 is 1.94 bits per heavy atom. The summed E-state index contributed by atoms with van der Waals surface area (Å²) < 4.78 is 4.81. The number of rotatable bonds is 13. The van der Waals surface area contributed by atoms with Crippen molar-refractivity contribution < 1.29 is 24.2 Å². The predicted octanol–water partition coefficient (Wildman–Crippen LogP) is 2.75. The molecule has 0 radical (unpaired) electrons. The first-order chi connectivity index (χ1) is 15.4. The molecule has 3 heterocycles. The molecule has 8 heteroatoms. The van der Waals surface area contributed by atoms with Crippen molar-refractivity contribution in [2.45, 2.75) is 88.2 Å². The van der Waals surface area contributed by atoms with Crippen LogP contribution in [0.15, 0.2) is 0 Å². The Labute approximate surface area is 196 Å². The maximum atomic E-state index is 13.7. The van der Waals surface area contributed by atoms with E-state index >= 15 is 0 Å². The van der Waals surface area contributed by atoms with Gasteiger partial charge in [0.2, 0.25) is 11.8 Å². The molecular weight excluding hydrogens is 428 g/mol. The Morgan fingerprint density at radius 1 is 1.19 bits per heavy atom. The molecule has 0 aromatic heterocycles. The number of aliphatic hydroxyl groups excluding tert-OH is 1. The lowest BCUT2D eigenvalue weighted by Crippen LogP contribution is -2.56. The summed E-state index contributed by atoms with van der Waals surface area (Å²) in [6.45, 7) is 7.66. The zero-order valence-electron chi connectivity index (χ0n) is 19.8. The number of aliphatic hydroxyl groups is 1. The zero-order chi connectivity index (χ0) is 23.3. The summed E-state index contributed by atoms with van der Waals surface area (Å²) in [7, 11) is 0. The Morgan fingerprint density at radius 3 is 2.62 bits per heavy atom. The van der Waals surface area contributed by atoms with Crippen LogP contribution in [-0.2, 0) is 19.1 Å². The molecule has 3 rings (SSSR count). The maximum Gasteiger partial charge on any atom is 0.310 e. The fourth-order valence-electron chi connectivity index (χ4n) is 6.00. The van der Waals surface area contributed by atoms with Crippen molar-refractivity contribution in [3.05, 3.63) is 0 Å². The minimum Gasteiger partial charge on any atom is -0.466 e. The van der Waals surface area contributed by atoms with Gasteiger partial charge in [0, 0.05) is 24.9 Å². The van der Waals surface area contributed by atoms with Crippen LogP contribution in [0.2, 0.25) is 0 Å². The van der Waals surface area contributed by atoms with Crippen LogP contribution in [0.25, 0.3) is 0 Å². The van der Waals surface area contributed by atoms with E-state index in [1.165, 1.54) is 0 Å². The molecule has 3 saturated heterocycles. The summed E-state index contributed by atoms with van der Waals surface area (Å²) in [4.78, 5) is 41.9. The fourth-order valence-corrected chi connectivity index (χ4v) is 8.41. The highest BCUT2D eigenvalue weighted by atomic mass is 32.2. The van der Waals surface area contributed by atoms with E-state index in [-0.39, 0.29) is 35.6 Å². The van der Waals surface area contributed by atoms with Gasteiger partial charge >= 0.3 is 5.97 Å². The number of esters is 1. The quantitative estimate of drug-likeness (QED) is 0.319. The highest BCUT2D eigenvalue weighted by Gasteiger charge is 2.76. The lowest BCUT2D eigenvalue weighted by atomic mass is 9.66. The molecule has 32 heavy (non-hydrogen) atoms. The highest BCUT2D eigenvalue weighted by Crippen LogP contribution is 2.68. The van der Waals surface area contributed by atoms with Gasteiger partial charge < -0.3 is 20.1 Å². The molecule has 2 bridgehead atoms. The molecule has 7 nitrogen and oxygen atoms in total. The Kier molecular flexibility index (Phi) is 8.90. The van der Waals surface area contributed by atoms with Gasteiger partial charge in [-0.15, -0.1) is 11.8 Å². The number of ether oxygens (including phenoxy) is 1. The molecule has 3 aliphatic rings. The summed E-state index contributed by atoms with van der Waals surface area (Å²) in [5.74, 6) is -1.17. The molecule has 3 unspecified atom stereocenters. The Balaban J connectivity index is 1.84. The van der Waals surface area contributed by atoms with Crippen LogP contribution < -0.4 is 5.32 Å². The van der Waals surface area contributed by atoms with Gasteiger partial charge in [-0.25, -0.2) is 0 Å². The van der Waals surface area contributed by atoms with Gasteiger partial charge in [-0.3, -0.25) is 14.4 Å². The third kappa shape index (κ3) is 4.54. The second kappa shape index (κ2) is 11.2. The summed E-state index contributed by atoms with van der Waals surface area (Å²) in [6.07, 6.45) is 7.25. The van der Waals surface area contributed by atoms with Crippen molar-refractivity contribution in [1.82, 2.24) is 10.2 Å². The lowest BCUT2D eigenvalue weighted by molar-refractivity contribution is -0.154. The van der Waals surface area contributed by atoms with Gasteiger partial charge in [-0.2, -0.15) is 0 Å². The van der Waals surface area contributed by atoms with E-state index in [1.54, 1.807) is 23.6 Å². The first-order valence-electron chi connectivity index (χ1n) is 12.5. The average Bonchev–Trinajstić information content (AvgIpc) is 3.35. The van der Waals surface area contributed by atoms with Crippen LogP contribution >= 0.6 is 11.8 Å². The first kappa shape index (κ1) is 25.3. The Bertz CT molecular complexity index is 689. The van der Waals surface area contributed by atoms with Crippen LogP contribution in [-0.4, -0.2) is 70.1 Å². The number of amides is 2. The summed E-state index contributed by atoms with van der Waals surface area (Å²) in [5, 5.41) is 12.2. The van der Waals surface area contributed by atoms with Crippen LogP contribution in [0.3, 0.4) is 0 Å². The molecular formula is C24H40N2O5S. The minimum atomic E-state index is -0.556. The Hall–Kier alpha value is -1.28. The molecule has 0 aliphatic carbocycles. The largest absolute Gasteiger partial charge is 0.466 e. The highest BCUT2D eigenvalue weighted by molar-refractivity contribution is 8.02. The standard InChI is InChI=1S/C24H40N2O5S/c1-4-6-9-12-25-21(28)20-24-16(3)15-17(32-24)18(23(30)31-5-2)19(24)22(29)26(20)13-10-7-8-11-14-27/h16-20,27H,4-15H2,1-3H3,(H,25,28)/t16?,17-,18+,19-,20?,24?/m0/s1. The first-order valence-corrected chi connectivity index (χ1v) is 13.3. The van der Waals surface area contributed by atoms with Gasteiger partial charge in [0.05, 0.1) is 23.2 Å². The van der Waals surface area contributed by atoms with Gasteiger partial charge in [0.15, 0.2) is 0 Å². The van der Waals surface area contributed by atoms with E-state index in [1.807, 2.05) is 0 Å². The maximum absolute atomic E-state index is 13.7. The van der Waals surface area contributed by atoms with Gasteiger partial charge in [0.25, 0.3) is 0 Å². The molecule has 3 aliphatic heterocycles. The second-order valence-electron chi connectivity index (χ2n) is 9.47. The topological polar surface area (TPSA) is 95.9 Å². The zero-order valence-corrected chi connectivity index (χ0v) is 20.6. The number of unbranched alkanes of at least 4 members (excludes halogenated alkanes) is 5. The molecule has 3 fully saturated rings. The normalized spacial score (nSPS) is 32.9. The molecule has 182 valence electrons. The molecule has 2 N–H and O–H groups in total. The van der Waals surface area contributed by atoms with E-state index < -0.39 is 22.6 Å². The molecule has 2 amide bonds. The average molecular weight is 469 g/mol. The summed E-state index contributed by atoms with van der Waals surface area (Å²) in [5.41, 5.74) is 0. The van der Waals surface area contributed by atoms with Crippen molar-refractivity contribution in [2.75, 3.05) is 26.3 Å². The monoisotopic (exact) mass is 468 g/mol. The van der Waals surface area contributed by atoms with Crippen molar-refractivity contribution in [3.63, 3.8) is 0 Å². The van der Waals surface area contributed by atoms with Gasteiger partial charge in [-0.1, -0.05) is 39.5 Å². The molecule has 0 aromatic carbocycles. The minimum absolute atomic E-state index is 0.0418. The molecule has 1 spiro atoms. The van der Waals surface area contributed by atoms with E-state index in [4.69, 9.17) is 9.84 Å². The van der Waals surface area contributed by atoms with E-state index in [0.29, 0.717) is 19.7 Å². The fraction of sp³-hybridized carbons (Fsp3) is 0.875. The number of hydrogen-bond donors (Lipinski definition) is 2. The molecule has 0 saturated carbocycles. The second-order valence-corrected chi connectivity index (χ2v) is 11.0. The van der Waals surface area contributed by atoms with Crippen LogP contribution in [0.1, 0.15) is 72.1 Å². The van der Waals surface area contributed by atoms with Crippen molar-refractivity contribution in [1.29, 1.82) is 0 Å². The number of carbonyl (C=O) groups is 3.